The van der Waals surface area contributed by atoms with Crippen LogP contribution in [0, 0.1) is 5.92 Å². The van der Waals surface area contributed by atoms with Gasteiger partial charge in [-0.05, 0) is 30.5 Å². The van der Waals surface area contributed by atoms with Gasteiger partial charge < -0.3 is 16.0 Å². The number of amides is 2. The van der Waals surface area contributed by atoms with Crippen molar-refractivity contribution >= 4 is 54.0 Å². The van der Waals surface area contributed by atoms with Crippen molar-refractivity contribution in [2.75, 3.05) is 18.4 Å². The molecule has 3 rings (SSSR count). The molecule has 0 radical (unpaired) electrons. The normalized spacial score (nSPS) is 15.0. The highest BCUT2D eigenvalue weighted by molar-refractivity contribution is 6.30. The van der Waals surface area contributed by atoms with Crippen LogP contribution in [0.5, 0.6) is 0 Å². The second-order valence-corrected chi connectivity index (χ2v) is 6.78. The molecule has 1 aliphatic heterocycles. The lowest BCUT2D eigenvalue weighted by molar-refractivity contribution is -0.135. The van der Waals surface area contributed by atoms with E-state index < -0.39 is 6.04 Å². The third-order valence-electron chi connectivity index (χ3n) is 4.58. The van der Waals surface area contributed by atoms with E-state index in [4.69, 9.17) is 17.3 Å². The zero-order valence-corrected chi connectivity index (χ0v) is 17.5. The maximum Gasteiger partial charge on any atom is 0.244 e. The van der Waals surface area contributed by atoms with Gasteiger partial charge in [0.05, 0.1) is 5.02 Å². The first-order chi connectivity index (χ1) is 12.5. The van der Waals surface area contributed by atoms with E-state index in [1.165, 1.54) is 6.20 Å². The van der Waals surface area contributed by atoms with Crippen LogP contribution in [0.3, 0.4) is 0 Å². The Morgan fingerprint density at radius 1 is 1.11 bits per heavy atom. The SMILES string of the molecule is Cl.Cl.NC(C(=O)N1CCC(C(=O)Nc2ccc(Cl)cn2)CC1)c1ccccc1. The number of carbonyl (C=O) groups excluding carboxylic acids is 2. The van der Waals surface area contributed by atoms with E-state index in [1.807, 2.05) is 30.3 Å². The number of aromatic nitrogens is 1. The average molecular weight is 446 g/mol. The number of hydrogen-bond acceptors (Lipinski definition) is 4. The molecule has 1 aliphatic rings. The van der Waals surface area contributed by atoms with Crippen molar-refractivity contribution in [1.82, 2.24) is 9.88 Å². The summed E-state index contributed by atoms with van der Waals surface area (Å²) in [6, 6.07) is 12.0. The average Bonchev–Trinajstić information content (AvgIpc) is 2.69. The van der Waals surface area contributed by atoms with E-state index in [0.29, 0.717) is 36.8 Å². The topological polar surface area (TPSA) is 88.3 Å². The Kier molecular flexibility index (Phi) is 9.69. The van der Waals surface area contributed by atoms with Gasteiger partial charge in [-0.1, -0.05) is 41.9 Å². The molecular formula is C19H23Cl3N4O2. The van der Waals surface area contributed by atoms with Crippen LogP contribution in [0.15, 0.2) is 48.7 Å². The maximum atomic E-state index is 12.6. The number of benzene rings is 1. The molecule has 2 amide bonds. The molecule has 0 saturated carbocycles. The lowest BCUT2D eigenvalue weighted by Gasteiger charge is -2.33. The van der Waals surface area contributed by atoms with Crippen molar-refractivity contribution in [2.24, 2.45) is 11.7 Å². The Labute approximate surface area is 181 Å². The van der Waals surface area contributed by atoms with Gasteiger partial charge in [-0.25, -0.2) is 4.98 Å². The van der Waals surface area contributed by atoms with Gasteiger partial charge in [0.2, 0.25) is 11.8 Å². The summed E-state index contributed by atoms with van der Waals surface area (Å²) in [5, 5.41) is 3.31. The van der Waals surface area contributed by atoms with Crippen LogP contribution in [0.2, 0.25) is 5.02 Å². The quantitative estimate of drug-likeness (QED) is 0.754. The van der Waals surface area contributed by atoms with Crippen LogP contribution in [0.25, 0.3) is 0 Å². The van der Waals surface area contributed by atoms with E-state index >= 15 is 0 Å². The predicted octanol–water partition coefficient (Wildman–Crippen LogP) is 3.46. The molecule has 1 aromatic heterocycles. The minimum Gasteiger partial charge on any atom is -0.341 e. The van der Waals surface area contributed by atoms with Gasteiger partial charge in [0, 0.05) is 25.2 Å². The first-order valence-corrected chi connectivity index (χ1v) is 8.94. The summed E-state index contributed by atoms with van der Waals surface area (Å²) in [6.45, 7) is 1.04. The van der Waals surface area contributed by atoms with Gasteiger partial charge >= 0.3 is 0 Å². The largest absolute Gasteiger partial charge is 0.341 e. The minimum absolute atomic E-state index is 0. The second kappa shape index (κ2) is 11.2. The van der Waals surface area contributed by atoms with Crippen molar-refractivity contribution in [3.8, 4) is 0 Å². The summed E-state index contributed by atoms with van der Waals surface area (Å²) in [5.74, 6) is 0.141. The third kappa shape index (κ3) is 6.07. The summed E-state index contributed by atoms with van der Waals surface area (Å²) in [4.78, 5) is 30.8. The number of piperidine rings is 1. The number of anilines is 1. The van der Waals surface area contributed by atoms with Gasteiger partial charge in [-0.3, -0.25) is 9.59 Å². The maximum absolute atomic E-state index is 12.6. The lowest BCUT2D eigenvalue weighted by atomic mass is 9.95. The number of hydrogen-bond donors (Lipinski definition) is 2. The van der Waals surface area contributed by atoms with Crippen LogP contribution in [-0.2, 0) is 9.59 Å². The first-order valence-electron chi connectivity index (χ1n) is 8.56. The van der Waals surface area contributed by atoms with E-state index in [-0.39, 0.29) is 42.5 Å². The molecule has 9 heteroatoms. The summed E-state index contributed by atoms with van der Waals surface area (Å²) in [7, 11) is 0. The van der Waals surface area contributed by atoms with Crippen LogP contribution in [-0.4, -0.2) is 34.8 Å². The number of rotatable bonds is 4. The van der Waals surface area contributed by atoms with Crippen LogP contribution in [0.1, 0.15) is 24.4 Å². The fourth-order valence-corrected chi connectivity index (χ4v) is 3.15. The highest BCUT2D eigenvalue weighted by atomic mass is 35.5. The second-order valence-electron chi connectivity index (χ2n) is 6.34. The molecule has 3 N–H and O–H groups in total. The molecule has 1 atom stereocenters. The number of likely N-dealkylation sites (tertiary alicyclic amines) is 1. The predicted molar refractivity (Wildman–Crippen MR) is 115 cm³/mol. The van der Waals surface area contributed by atoms with Crippen molar-refractivity contribution in [3.63, 3.8) is 0 Å². The van der Waals surface area contributed by atoms with Gasteiger partial charge in [-0.2, -0.15) is 0 Å². The number of nitrogens with one attached hydrogen (secondary N) is 1. The van der Waals surface area contributed by atoms with Crippen molar-refractivity contribution in [3.05, 3.63) is 59.2 Å². The molecule has 28 heavy (non-hydrogen) atoms. The summed E-state index contributed by atoms with van der Waals surface area (Å²) in [5.41, 5.74) is 6.89. The van der Waals surface area contributed by atoms with Crippen LogP contribution in [0.4, 0.5) is 5.82 Å². The number of pyridine rings is 1. The smallest absolute Gasteiger partial charge is 0.244 e. The molecule has 1 aromatic carbocycles. The zero-order valence-electron chi connectivity index (χ0n) is 15.1. The summed E-state index contributed by atoms with van der Waals surface area (Å²) < 4.78 is 0. The highest BCUT2D eigenvalue weighted by Gasteiger charge is 2.30. The molecule has 152 valence electrons. The van der Waals surface area contributed by atoms with E-state index in [9.17, 15) is 9.59 Å². The Bertz CT molecular complexity index is 767. The van der Waals surface area contributed by atoms with Crippen molar-refractivity contribution < 1.29 is 9.59 Å². The molecule has 6 nitrogen and oxygen atoms in total. The standard InChI is InChI=1S/C19H21ClN4O2.2ClH/c20-15-6-7-16(22-12-15)23-18(25)14-8-10-24(11-9-14)19(26)17(21)13-4-2-1-3-5-13;;/h1-7,12,14,17H,8-11,21H2,(H,22,23,25);2*1H. The Morgan fingerprint density at radius 3 is 2.32 bits per heavy atom. The first kappa shape index (κ1) is 24.2. The Balaban J connectivity index is 0.00000196. The Morgan fingerprint density at radius 2 is 1.75 bits per heavy atom. The van der Waals surface area contributed by atoms with E-state index in [1.54, 1.807) is 17.0 Å². The van der Waals surface area contributed by atoms with Crippen molar-refractivity contribution in [1.29, 1.82) is 0 Å². The molecule has 1 saturated heterocycles. The molecule has 2 aromatic rings. The number of carbonyl (C=O) groups is 2. The van der Waals surface area contributed by atoms with E-state index in [0.717, 1.165) is 5.56 Å². The van der Waals surface area contributed by atoms with Crippen molar-refractivity contribution in [2.45, 2.75) is 18.9 Å². The fraction of sp³-hybridized carbons (Fsp3) is 0.316. The summed E-state index contributed by atoms with van der Waals surface area (Å²) in [6.07, 6.45) is 2.70. The molecule has 0 aliphatic carbocycles. The summed E-state index contributed by atoms with van der Waals surface area (Å²) >= 11 is 5.79. The molecule has 1 unspecified atom stereocenters. The highest BCUT2D eigenvalue weighted by Crippen LogP contribution is 2.22. The van der Waals surface area contributed by atoms with Gasteiger partial charge in [0.1, 0.15) is 11.9 Å². The molecule has 2 heterocycles. The van der Waals surface area contributed by atoms with Crippen LogP contribution >= 0.6 is 36.4 Å². The van der Waals surface area contributed by atoms with Gasteiger partial charge in [0.15, 0.2) is 0 Å². The van der Waals surface area contributed by atoms with E-state index in [2.05, 4.69) is 10.3 Å². The van der Waals surface area contributed by atoms with Gasteiger partial charge in [-0.15, -0.1) is 24.8 Å². The lowest BCUT2D eigenvalue weighted by Crippen LogP contribution is -2.45. The monoisotopic (exact) mass is 444 g/mol. The zero-order chi connectivity index (χ0) is 18.5. The van der Waals surface area contributed by atoms with Crippen LogP contribution < -0.4 is 11.1 Å². The molecule has 0 spiro atoms. The number of nitrogens with zero attached hydrogens (tertiary/aromatic N) is 2. The number of nitrogens with two attached hydrogens (primary N) is 1. The Hall–Kier alpha value is -1.86. The molecular weight excluding hydrogens is 423 g/mol. The molecule has 0 bridgehead atoms. The fourth-order valence-electron chi connectivity index (χ4n) is 3.04. The minimum atomic E-state index is -0.667. The number of halogens is 3. The molecule has 1 fully saturated rings. The van der Waals surface area contributed by atoms with Gasteiger partial charge in [0.25, 0.3) is 0 Å². The third-order valence-corrected chi connectivity index (χ3v) is 4.80.